The Morgan fingerprint density at radius 2 is 1.74 bits per heavy atom. The number of nitrogens with zero attached hydrogens (tertiary/aromatic N) is 4. The third-order valence-electron chi connectivity index (χ3n) is 8.85. The van der Waals surface area contributed by atoms with Crippen molar-refractivity contribution in [3.8, 4) is 11.3 Å². The molecule has 3 aliphatic rings. The Balaban J connectivity index is 1.37. The number of rotatable bonds is 6. The van der Waals surface area contributed by atoms with Crippen molar-refractivity contribution in [3.63, 3.8) is 0 Å². The van der Waals surface area contributed by atoms with Crippen LogP contribution >= 0.6 is 11.6 Å². The molecule has 2 aromatic rings. The predicted molar refractivity (Wildman–Crippen MR) is 159 cm³/mol. The zero-order valence-corrected chi connectivity index (χ0v) is 25.0. The summed E-state index contributed by atoms with van der Waals surface area (Å²) in [4.78, 5) is 36.6. The van der Waals surface area contributed by atoms with Crippen LogP contribution in [-0.4, -0.2) is 94.5 Å². The van der Waals surface area contributed by atoms with Gasteiger partial charge in [-0.3, -0.25) is 15.5 Å². The van der Waals surface area contributed by atoms with Gasteiger partial charge in [0.15, 0.2) is 11.1 Å². The molecule has 6 N–H and O–H groups in total. The molecule has 3 saturated heterocycles. The van der Waals surface area contributed by atoms with E-state index in [0.29, 0.717) is 69.2 Å². The fourth-order valence-corrected chi connectivity index (χ4v) is 7.68. The van der Waals surface area contributed by atoms with Gasteiger partial charge in [-0.15, -0.1) is 0 Å². The number of aromatic amines is 1. The van der Waals surface area contributed by atoms with Gasteiger partial charge in [-0.25, -0.2) is 22.5 Å². The molecular formula is C27H37ClN8O5S. The zero-order chi connectivity index (χ0) is 30.2. The summed E-state index contributed by atoms with van der Waals surface area (Å²) in [5.41, 5.74) is 7.40. The molecule has 0 spiro atoms. The van der Waals surface area contributed by atoms with E-state index >= 15 is 0 Å². The molecule has 0 saturated carbocycles. The number of hydrogen-bond acceptors (Lipinski definition) is 6. The molecule has 0 bridgehead atoms. The van der Waals surface area contributed by atoms with E-state index in [4.69, 9.17) is 27.9 Å². The lowest BCUT2D eigenvalue weighted by Crippen LogP contribution is -2.46. The number of benzene rings is 1. The highest BCUT2D eigenvalue weighted by atomic mass is 35.5. The number of likely N-dealkylation sites (tertiary alicyclic amines) is 2. The van der Waals surface area contributed by atoms with Crippen molar-refractivity contribution in [3.05, 3.63) is 35.2 Å². The molecule has 228 valence electrons. The maximum absolute atomic E-state index is 14.0. The van der Waals surface area contributed by atoms with Gasteiger partial charge in [0.2, 0.25) is 15.9 Å². The van der Waals surface area contributed by atoms with Crippen LogP contribution in [0.3, 0.4) is 0 Å². The SMILES string of the molecule is CS(=O)(=O)N1CCC([C@H]2C[C@@H](c3nc(Cl)c(-c4ccc(NC(=O)O)cc4)[nH]3)N(C(=O)C3CCN(C(=N)N)CC3)C2)CC1. The van der Waals surface area contributed by atoms with Crippen LogP contribution in [0.15, 0.2) is 24.3 Å². The molecule has 1 aromatic carbocycles. The first kappa shape index (κ1) is 30.1. The lowest BCUT2D eigenvalue weighted by molar-refractivity contribution is -0.138. The molecule has 15 heteroatoms. The van der Waals surface area contributed by atoms with E-state index in [9.17, 15) is 18.0 Å². The van der Waals surface area contributed by atoms with Gasteiger partial charge in [-0.1, -0.05) is 23.7 Å². The number of carboxylic acid groups (broad SMARTS) is 1. The van der Waals surface area contributed by atoms with Crippen LogP contribution in [0, 0.1) is 23.2 Å². The number of guanidine groups is 1. The van der Waals surface area contributed by atoms with Crippen LogP contribution in [0.4, 0.5) is 10.5 Å². The highest BCUT2D eigenvalue weighted by Gasteiger charge is 2.44. The molecule has 1 aromatic heterocycles. The molecule has 0 radical (unpaired) electrons. The quantitative estimate of drug-likeness (QED) is 0.240. The van der Waals surface area contributed by atoms with E-state index < -0.39 is 16.1 Å². The minimum Gasteiger partial charge on any atom is -0.465 e. The fourth-order valence-electron chi connectivity index (χ4n) is 6.56. The average Bonchev–Trinajstić information content (AvgIpc) is 3.56. The number of aromatic nitrogens is 2. The van der Waals surface area contributed by atoms with Crippen LogP contribution in [0.1, 0.15) is 44.0 Å². The Hall–Kier alpha value is -3.36. The number of carbonyl (C=O) groups excluding carboxylic acids is 1. The summed E-state index contributed by atoms with van der Waals surface area (Å²) in [6.07, 6.45) is 3.48. The molecule has 0 unspecified atom stereocenters. The molecule has 4 heterocycles. The normalized spacial score (nSPS) is 22.8. The molecule has 13 nitrogen and oxygen atoms in total. The summed E-state index contributed by atoms with van der Waals surface area (Å²) in [7, 11) is -3.23. The second-order valence-electron chi connectivity index (χ2n) is 11.4. The summed E-state index contributed by atoms with van der Waals surface area (Å²) < 4.78 is 25.6. The maximum atomic E-state index is 14.0. The van der Waals surface area contributed by atoms with Gasteiger partial charge in [0.1, 0.15) is 5.82 Å². The van der Waals surface area contributed by atoms with Crippen molar-refractivity contribution in [1.82, 2.24) is 24.1 Å². The smallest absolute Gasteiger partial charge is 0.409 e. The van der Waals surface area contributed by atoms with Gasteiger partial charge >= 0.3 is 6.09 Å². The largest absolute Gasteiger partial charge is 0.465 e. The van der Waals surface area contributed by atoms with Crippen molar-refractivity contribution < 1.29 is 23.1 Å². The van der Waals surface area contributed by atoms with Crippen LogP contribution in [0.2, 0.25) is 5.15 Å². The molecule has 5 rings (SSSR count). The lowest BCUT2D eigenvalue weighted by atomic mass is 9.83. The molecule has 3 aliphatic heterocycles. The highest BCUT2D eigenvalue weighted by molar-refractivity contribution is 7.88. The minimum absolute atomic E-state index is 0.0185. The Bertz CT molecular complexity index is 1430. The van der Waals surface area contributed by atoms with Crippen molar-refractivity contribution in [2.24, 2.45) is 23.5 Å². The van der Waals surface area contributed by atoms with Gasteiger partial charge in [-0.05, 0) is 56.1 Å². The van der Waals surface area contributed by atoms with Crippen molar-refractivity contribution in [2.45, 2.75) is 38.1 Å². The van der Waals surface area contributed by atoms with E-state index in [2.05, 4.69) is 15.3 Å². The second-order valence-corrected chi connectivity index (χ2v) is 13.8. The van der Waals surface area contributed by atoms with Gasteiger partial charge in [0, 0.05) is 49.9 Å². The lowest BCUT2D eigenvalue weighted by Gasteiger charge is -2.35. The molecular weight excluding hydrogens is 584 g/mol. The number of anilines is 1. The first-order valence-corrected chi connectivity index (χ1v) is 16.3. The number of nitrogens with one attached hydrogen (secondary N) is 3. The Labute approximate surface area is 250 Å². The number of nitrogens with two attached hydrogens (primary N) is 1. The second kappa shape index (κ2) is 12.1. The van der Waals surface area contributed by atoms with E-state index in [1.165, 1.54) is 10.6 Å². The Morgan fingerprint density at radius 3 is 2.31 bits per heavy atom. The number of piperidine rings is 2. The van der Waals surface area contributed by atoms with Crippen molar-refractivity contribution in [1.29, 1.82) is 5.41 Å². The van der Waals surface area contributed by atoms with Crippen molar-refractivity contribution >= 4 is 45.3 Å². The minimum atomic E-state index is -3.23. The monoisotopic (exact) mass is 620 g/mol. The van der Waals surface area contributed by atoms with E-state index in [1.54, 1.807) is 29.2 Å². The predicted octanol–water partition coefficient (Wildman–Crippen LogP) is 2.99. The summed E-state index contributed by atoms with van der Waals surface area (Å²) in [5.74, 6) is 0.942. The first-order valence-electron chi connectivity index (χ1n) is 14.1. The third kappa shape index (κ3) is 6.50. The molecule has 2 atom stereocenters. The van der Waals surface area contributed by atoms with Gasteiger partial charge in [0.05, 0.1) is 18.0 Å². The standard InChI is InChI=1S/C27H37ClN8O5S/c1-42(40,41)35-12-8-16(9-13-35)19-14-21(36(15-19)25(37)18-6-10-34(11-7-18)26(29)30)24-32-22(23(28)33-24)17-2-4-20(5-3-17)31-27(38)39/h2-5,16,18-19,21,31H,6-15H2,1H3,(H3,29,30)(H,32,33)(H,38,39)/t19-,21-/m0/s1. The number of hydrogen-bond donors (Lipinski definition) is 5. The Kier molecular flexibility index (Phi) is 8.67. The summed E-state index contributed by atoms with van der Waals surface area (Å²) >= 11 is 6.59. The molecule has 2 amide bonds. The van der Waals surface area contributed by atoms with E-state index in [-0.39, 0.29) is 40.8 Å². The molecule has 0 aliphatic carbocycles. The van der Waals surface area contributed by atoms with Crippen LogP contribution < -0.4 is 11.1 Å². The van der Waals surface area contributed by atoms with Crippen LogP contribution in [-0.2, 0) is 14.8 Å². The van der Waals surface area contributed by atoms with Crippen LogP contribution in [0.5, 0.6) is 0 Å². The fraction of sp³-hybridized carbons (Fsp3) is 0.556. The van der Waals surface area contributed by atoms with Gasteiger partial charge in [0.25, 0.3) is 0 Å². The summed E-state index contributed by atoms with van der Waals surface area (Å²) in [6, 6.07) is 6.44. The number of carbonyl (C=O) groups is 2. The average molecular weight is 621 g/mol. The number of H-pyrrole nitrogens is 1. The summed E-state index contributed by atoms with van der Waals surface area (Å²) in [5, 5.41) is 19.2. The van der Waals surface area contributed by atoms with E-state index in [1.807, 2.05) is 4.90 Å². The van der Waals surface area contributed by atoms with Crippen LogP contribution in [0.25, 0.3) is 11.3 Å². The maximum Gasteiger partial charge on any atom is 0.409 e. The highest BCUT2D eigenvalue weighted by Crippen LogP contribution is 2.43. The first-order chi connectivity index (χ1) is 19.9. The molecule has 42 heavy (non-hydrogen) atoms. The van der Waals surface area contributed by atoms with Gasteiger partial charge in [-0.2, -0.15) is 0 Å². The molecule has 3 fully saturated rings. The zero-order valence-electron chi connectivity index (χ0n) is 23.4. The van der Waals surface area contributed by atoms with Crippen molar-refractivity contribution in [2.75, 3.05) is 44.3 Å². The number of imidazole rings is 1. The summed E-state index contributed by atoms with van der Waals surface area (Å²) in [6.45, 7) is 2.63. The Morgan fingerprint density at radius 1 is 1.10 bits per heavy atom. The number of amides is 2. The topological polar surface area (TPSA) is 189 Å². The van der Waals surface area contributed by atoms with E-state index in [0.717, 1.165) is 18.4 Å². The third-order valence-corrected chi connectivity index (χ3v) is 10.4. The number of sulfonamides is 1. The number of halogens is 1. The van der Waals surface area contributed by atoms with Gasteiger partial charge < -0.3 is 25.6 Å².